The van der Waals surface area contributed by atoms with Crippen molar-refractivity contribution in [1.82, 2.24) is 4.72 Å². The number of hydrogen-bond acceptors (Lipinski definition) is 4. The number of anilines is 1. The third kappa shape index (κ3) is 2.46. The number of hydrogen-bond donors (Lipinski definition) is 3. The zero-order valence-corrected chi connectivity index (χ0v) is 10.4. The average Bonchev–Trinajstić information content (AvgIpc) is 2.23. The molecule has 7 heteroatoms. The molecule has 1 aliphatic carbocycles. The Labute approximate surface area is 105 Å². The summed E-state index contributed by atoms with van der Waals surface area (Å²) < 4.78 is 26.5. The van der Waals surface area contributed by atoms with Gasteiger partial charge in [0.05, 0.1) is 11.3 Å². The summed E-state index contributed by atoms with van der Waals surface area (Å²) in [5, 5.41) is 8.77. The lowest BCUT2D eigenvalue weighted by Crippen LogP contribution is -2.39. The van der Waals surface area contributed by atoms with Crippen molar-refractivity contribution >= 4 is 21.7 Å². The summed E-state index contributed by atoms with van der Waals surface area (Å²) in [6, 6.07) is 3.57. The van der Waals surface area contributed by atoms with E-state index in [9.17, 15) is 13.2 Å². The molecule has 4 N–H and O–H groups in total. The smallest absolute Gasteiger partial charge is 0.335 e. The highest BCUT2D eigenvalue weighted by molar-refractivity contribution is 7.89. The summed E-state index contributed by atoms with van der Waals surface area (Å²) in [5.74, 6) is -1.14. The van der Waals surface area contributed by atoms with E-state index in [0.717, 1.165) is 25.3 Å². The van der Waals surface area contributed by atoms with Crippen LogP contribution in [0.4, 0.5) is 5.69 Å². The highest BCUT2D eigenvalue weighted by Crippen LogP contribution is 2.24. The lowest BCUT2D eigenvalue weighted by molar-refractivity contribution is 0.0697. The fourth-order valence-electron chi connectivity index (χ4n) is 1.74. The van der Waals surface area contributed by atoms with Crippen LogP contribution in [-0.4, -0.2) is 25.5 Å². The van der Waals surface area contributed by atoms with Gasteiger partial charge in [0.2, 0.25) is 10.0 Å². The Morgan fingerprint density at radius 3 is 2.50 bits per heavy atom. The SMILES string of the molecule is Nc1cc(C(=O)O)ccc1S(=O)(=O)NC1CCC1. The van der Waals surface area contributed by atoms with Gasteiger partial charge < -0.3 is 10.8 Å². The maximum absolute atomic E-state index is 12.0. The molecule has 1 aromatic carbocycles. The Balaban J connectivity index is 2.29. The number of carbonyl (C=O) groups is 1. The number of carboxylic acid groups (broad SMARTS) is 1. The van der Waals surface area contributed by atoms with Gasteiger partial charge in [-0.2, -0.15) is 0 Å². The number of carboxylic acids is 1. The van der Waals surface area contributed by atoms with Crippen LogP contribution in [0.5, 0.6) is 0 Å². The second kappa shape index (κ2) is 4.58. The van der Waals surface area contributed by atoms with Crippen LogP contribution in [0.3, 0.4) is 0 Å². The molecule has 0 amide bonds. The van der Waals surface area contributed by atoms with Gasteiger partial charge in [0.1, 0.15) is 4.90 Å². The molecule has 98 valence electrons. The van der Waals surface area contributed by atoms with E-state index in [0.29, 0.717) is 0 Å². The molecule has 0 unspecified atom stereocenters. The molecule has 0 spiro atoms. The maximum atomic E-state index is 12.0. The Morgan fingerprint density at radius 1 is 1.39 bits per heavy atom. The molecular weight excluding hydrogens is 256 g/mol. The highest BCUT2D eigenvalue weighted by atomic mass is 32.2. The standard InChI is InChI=1S/C11H14N2O4S/c12-9-6-7(11(14)15)4-5-10(9)18(16,17)13-8-2-1-3-8/h4-6,8,13H,1-3,12H2,(H,14,15). The molecule has 6 nitrogen and oxygen atoms in total. The molecule has 0 saturated heterocycles. The highest BCUT2D eigenvalue weighted by Gasteiger charge is 2.26. The normalized spacial score (nSPS) is 16.2. The molecule has 1 aliphatic rings. The minimum atomic E-state index is -3.66. The van der Waals surface area contributed by atoms with Crippen molar-refractivity contribution < 1.29 is 18.3 Å². The summed E-state index contributed by atoms with van der Waals surface area (Å²) in [4.78, 5) is 10.7. The number of nitrogens with one attached hydrogen (secondary N) is 1. The second-order valence-corrected chi connectivity index (χ2v) is 5.99. The second-order valence-electron chi connectivity index (χ2n) is 4.31. The number of nitrogens with two attached hydrogens (primary N) is 1. The number of benzene rings is 1. The van der Waals surface area contributed by atoms with Crippen molar-refractivity contribution in [2.45, 2.75) is 30.2 Å². The van der Waals surface area contributed by atoms with E-state index in [1.807, 2.05) is 0 Å². The van der Waals surface area contributed by atoms with Gasteiger partial charge in [-0.15, -0.1) is 0 Å². The van der Waals surface area contributed by atoms with E-state index in [4.69, 9.17) is 10.8 Å². The van der Waals surface area contributed by atoms with Crippen LogP contribution in [0.25, 0.3) is 0 Å². The van der Waals surface area contributed by atoms with Crippen molar-refractivity contribution in [1.29, 1.82) is 0 Å². The van der Waals surface area contributed by atoms with Crippen LogP contribution in [0, 0.1) is 0 Å². The molecule has 0 radical (unpaired) electrons. The van der Waals surface area contributed by atoms with Crippen molar-refractivity contribution in [3.8, 4) is 0 Å². The van der Waals surface area contributed by atoms with Crippen molar-refractivity contribution in [3.63, 3.8) is 0 Å². The first-order valence-corrected chi connectivity index (χ1v) is 7.03. The molecule has 1 fully saturated rings. The minimum Gasteiger partial charge on any atom is -0.478 e. The number of aromatic carboxylic acids is 1. The molecule has 1 saturated carbocycles. The lowest BCUT2D eigenvalue weighted by Gasteiger charge is -2.26. The first kappa shape index (κ1) is 12.8. The monoisotopic (exact) mass is 270 g/mol. The van der Waals surface area contributed by atoms with Gasteiger partial charge in [0, 0.05) is 6.04 Å². The molecule has 0 aliphatic heterocycles. The summed E-state index contributed by atoms with van der Waals surface area (Å²) in [6.45, 7) is 0. The van der Waals surface area contributed by atoms with E-state index in [1.165, 1.54) is 12.1 Å². The van der Waals surface area contributed by atoms with Crippen LogP contribution in [0.15, 0.2) is 23.1 Å². The third-order valence-corrected chi connectivity index (χ3v) is 4.57. The molecule has 1 aromatic rings. The van der Waals surface area contributed by atoms with E-state index in [2.05, 4.69) is 4.72 Å². The van der Waals surface area contributed by atoms with E-state index >= 15 is 0 Å². The summed E-state index contributed by atoms with van der Waals surface area (Å²) >= 11 is 0. The number of rotatable bonds is 4. The van der Waals surface area contributed by atoms with Gasteiger partial charge >= 0.3 is 5.97 Å². The van der Waals surface area contributed by atoms with E-state index < -0.39 is 16.0 Å². The van der Waals surface area contributed by atoms with E-state index in [-0.39, 0.29) is 22.2 Å². The molecule has 0 aromatic heterocycles. The first-order valence-electron chi connectivity index (χ1n) is 5.55. The number of nitrogen functional groups attached to an aromatic ring is 1. The summed E-state index contributed by atoms with van der Waals surface area (Å²) in [7, 11) is -3.66. The van der Waals surface area contributed by atoms with Crippen molar-refractivity contribution in [2.24, 2.45) is 0 Å². The zero-order valence-electron chi connectivity index (χ0n) is 9.59. The largest absolute Gasteiger partial charge is 0.478 e. The number of sulfonamides is 1. The summed E-state index contributed by atoms with van der Waals surface area (Å²) in [6.07, 6.45) is 2.67. The fourth-order valence-corrected chi connectivity index (χ4v) is 3.15. The van der Waals surface area contributed by atoms with Crippen LogP contribution < -0.4 is 10.5 Å². The molecule has 0 heterocycles. The van der Waals surface area contributed by atoms with Gasteiger partial charge in [-0.1, -0.05) is 6.42 Å². The molecule has 18 heavy (non-hydrogen) atoms. The Bertz CT molecular complexity index is 579. The average molecular weight is 270 g/mol. The van der Waals surface area contributed by atoms with Gasteiger partial charge in [0.25, 0.3) is 0 Å². The van der Waals surface area contributed by atoms with Gasteiger partial charge in [-0.25, -0.2) is 17.9 Å². The van der Waals surface area contributed by atoms with Gasteiger partial charge in [-0.05, 0) is 31.0 Å². The zero-order chi connectivity index (χ0) is 13.3. The topological polar surface area (TPSA) is 109 Å². The van der Waals surface area contributed by atoms with Crippen LogP contribution >= 0.6 is 0 Å². The summed E-state index contributed by atoms with van der Waals surface area (Å²) in [5.41, 5.74) is 5.51. The Morgan fingerprint density at radius 2 is 2.06 bits per heavy atom. The fraction of sp³-hybridized carbons (Fsp3) is 0.364. The van der Waals surface area contributed by atoms with Crippen LogP contribution in [0.2, 0.25) is 0 Å². The molecule has 2 rings (SSSR count). The lowest BCUT2D eigenvalue weighted by atomic mass is 9.94. The Kier molecular flexibility index (Phi) is 3.27. The van der Waals surface area contributed by atoms with E-state index in [1.54, 1.807) is 0 Å². The minimum absolute atomic E-state index is 0.0323. The third-order valence-electron chi connectivity index (χ3n) is 2.97. The molecule has 0 atom stereocenters. The van der Waals surface area contributed by atoms with Gasteiger partial charge in [-0.3, -0.25) is 0 Å². The molecular formula is C11H14N2O4S. The van der Waals surface area contributed by atoms with Crippen LogP contribution in [-0.2, 0) is 10.0 Å². The quantitative estimate of drug-likeness (QED) is 0.701. The predicted octanol–water partition coefficient (Wildman–Crippen LogP) is 0.798. The van der Waals surface area contributed by atoms with Gasteiger partial charge in [0.15, 0.2) is 0 Å². The Hall–Kier alpha value is -1.60. The maximum Gasteiger partial charge on any atom is 0.335 e. The van der Waals surface area contributed by atoms with Crippen molar-refractivity contribution in [2.75, 3.05) is 5.73 Å². The van der Waals surface area contributed by atoms with Crippen LogP contribution in [0.1, 0.15) is 29.6 Å². The first-order chi connectivity index (χ1) is 8.40. The predicted molar refractivity (Wildman–Crippen MR) is 65.8 cm³/mol. The molecule has 0 bridgehead atoms. The van der Waals surface area contributed by atoms with Crippen molar-refractivity contribution in [3.05, 3.63) is 23.8 Å².